The summed E-state index contributed by atoms with van der Waals surface area (Å²) < 4.78 is 0. The molecular formula is C13H17NO. The first-order valence-corrected chi connectivity index (χ1v) is 5.04. The smallest absolute Gasteiger partial charge is 0.243 e. The van der Waals surface area contributed by atoms with Crippen molar-refractivity contribution >= 4 is 5.91 Å². The van der Waals surface area contributed by atoms with Crippen LogP contribution in [0.5, 0.6) is 0 Å². The molecule has 0 heterocycles. The molecule has 0 fully saturated rings. The second kappa shape index (κ2) is 8.91. The molecule has 0 radical (unpaired) electrons. The zero-order chi connectivity index (χ0) is 11.5. The number of unbranched alkanes of at least 4 members (excludes halogenated alkanes) is 1. The van der Waals surface area contributed by atoms with Crippen LogP contribution in [0.25, 0.3) is 0 Å². The van der Waals surface area contributed by atoms with Crippen molar-refractivity contribution < 1.29 is 4.79 Å². The standard InChI is InChI=1S/C13H17NO/c1-4-5-6-7-8-9-10-13(15)14-11-12(2)3/h1,9-10,12H,7-8,11H2,2-3H3,(H,14,15)/b10-9-. The van der Waals surface area contributed by atoms with Crippen LogP contribution in [-0.4, -0.2) is 12.5 Å². The average Bonchev–Trinajstić information content (AvgIpc) is 2.20. The maximum atomic E-state index is 11.2. The van der Waals surface area contributed by atoms with Crippen molar-refractivity contribution in [1.29, 1.82) is 0 Å². The second-order valence-corrected chi connectivity index (χ2v) is 3.53. The fourth-order valence-electron chi connectivity index (χ4n) is 0.823. The molecule has 0 spiro atoms. The van der Waals surface area contributed by atoms with E-state index in [1.807, 2.05) is 0 Å². The van der Waals surface area contributed by atoms with Crippen LogP contribution in [0.2, 0.25) is 0 Å². The van der Waals surface area contributed by atoms with Crippen molar-refractivity contribution in [2.45, 2.75) is 26.7 Å². The summed E-state index contributed by atoms with van der Waals surface area (Å²) in [6, 6.07) is 0. The number of hydrogen-bond acceptors (Lipinski definition) is 1. The Hall–Kier alpha value is -1.67. The summed E-state index contributed by atoms with van der Waals surface area (Å²) in [6.45, 7) is 4.82. The highest BCUT2D eigenvalue weighted by Crippen LogP contribution is 1.90. The topological polar surface area (TPSA) is 29.1 Å². The fourth-order valence-corrected chi connectivity index (χ4v) is 0.823. The van der Waals surface area contributed by atoms with Crippen LogP contribution >= 0.6 is 0 Å². The van der Waals surface area contributed by atoms with Crippen LogP contribution in [0.4, 0.5) is 0 Å². The molecule has 0 saturated heterocycles. The lowest BCUT2D eigenvalue weighted by Crippen LogP contribution is -2.25. The molecule has 0 unspecified atom stereocenters. The molecule has 0 bridgehead atoms. The zero-order valence-corrected chi connectivity index (χ0v) is 9.34. The van der Waals surface area contributed by atoms with Gasteiger partial charge in [-0.05, 0) is 30.3 Å². The zero-order valence-electron chi connectivity index (χ0n) is 9.34. The van der Waals surface area contributed by atoms with Gasteiger partial charge in [-0.2, -0.15) is 0 Å². The Labute approximate surface area is 92.1 Å². The first kappa shape index (κ1) is 13.3. The Morgan fingerprint density at radius 1 is 1.53 bits per heavy atom. The van der Waals surface area contributed by atoms with E-state index in [0.717, 1.165) is 6.42 Å². The van der Waals surface area contributed by atoms with Gasteiger partial charge in [-0.3, -0.25) is 4.79 Å². The number of hydrogen-bond donors (Lipinski definition) is 1. The molecule has 0 atom stereocenters. The van der Waals surface area contributed by atoms with Gasteiger partial charge in [0.25, 0.3) is 0 Å². The number of carbonyl (C=O) groups is 1. The van der Waals surface area contributed by atoms with E-state index in [4.69, 9.17) is 6.42 Å². The highest BCUT2D eigenvalue weighted by Gasteiger charge is 1.96. The van der Waals surface area contributed by atoms with Crippen LogP contribution < -0.4 is 5.32 Å². The molecule has 0 rings (SSSR count). The summed E-state index contributed by atoms with van der Waals surface area (Å²) in [5.41, 5.74) is 0. The third kappa shape index (κ3) is 10.2. The molecule has 80 valence electrons. The maximum absolute atomic E-state index is 11.2. The first-order chi connectivity index (χ1) is 7.16. The molecule has 2 heteroatoms. The summed E-state index contributed by atoms with van der Waals surface area (Å²) >= 11 is 0. The van der Waals surface area contributed by atoms with Gasteiger partial charge in [-0.1, -0.05) is 25.8 Å². The van der Waals surface area contributed by atoms with Crippen molar-refractivity contribution in [3.8, 4) is 24.2 Å². The van der Waals surface area contributed by atoms with Crippen molar-refractivity contribution in [1.82, 2.24) is 5.32 Å². The Balaban J connectivity index is 3.60. The Morgan fingerprint density at radius 3 is 2.87 bits per heavy atom. The quantitative estimate of drug-likeness (QED) is 0.411. The summed E-state index contributed by atoms with van der Waals surface area (Å²) in [5.74, 6) is 7.97. The minimum atomic E-state index is -0.0476. The molecule has 0 aromatic carbocycles. The van der Waals surface area contributed by atoms with E-state index in [1.54, 1.807) is 12.2 Å². The van der Waals surface area contributed by atoms with E-state index >= 15 is 0 Å². The Morgan fingerprint density at radius 2 is 2.27 bits per heavy atom. The highest BCUT2D eigenvalue weighted by atomic mass is 16.1. The number of amides is 1. The molecule has 0 aromatic heterocycles. The summed E-state index contributed by atoms with van der Waals surface area (Å²) in [5, 5.41) is 2.79. The number of allylic oxidation sites excluding steroid dienone is 1. The number of terminal acetylenes is 1. The van der Waals surface area contributed by atoms with Gasteiger partial charge in [-0.15, -0.1) is 6.42 Å². The van der Waals surface area contributed by atoms with Crippen molar-refractivity contribution in [3.63, 3.8) is 0 Å². The number of carbonyl (C=O) groups excluding carboxylic acids is 1. The van der Waals surface area contributed by atoms with E-state index in [0.29, 0.717) is 18.9 Å². The SMILES string of the molecule is C#CC#CCC/C=C\C(=O)NCC(C)C. The van der Waals surface area contributed by atoms with E-state index < -0.39 is 0 Å². The van der Waals surface area contributed by atoms with Gasteiger partial charge in [-0.25, -0.2) is 0 Å². The van der Waals surface area contributed by atoms with Gasteiger partial charge >= 0.3 is 0 Å². The van der Waals surface area contributed by atoms with Gasteiger partial charge in [0, 0.05) is 13.0 Å². The molecule has 0 aliphatic carbocycles. The van der Waals surface area contributed by atoms with Crippen molar-refractivity contribution in [2.75, 3.05) is 6.54 Å². The van der Waals surface area contributed by atoms with E-state index in [-0.39, 0.29) is 5.91 Å². The molecule has 0 aromatic rings. The van der Waals surface area contributed by atoms with Crippen molar-refractivity contribution in [3.05, 3.63) is 12.2 Å². The number of rotatable bonds is 5. The summed E-state index contributed by atoms with van der Waals surface area (Å²) in [7, 11) is 0. The maximum Gasteiger partial charge on any atom is 0.243 e. The third-order valence-electron chi connectivity index (χ3n) is 1.55. The Kier molecular flexibility index (Phi) is 7.92. The highest BCUT2D eigenvalue weighted by molar-refractivity contribution is 5.87. The monoisotopic (exact) mass is 203 g/mol. The molecule has 0 aliphatic rings. The van der Waals surface area contributed by atoms with Gasteiger partial charge in [0.05, 0.1) is 0 Å². The lowest BCUT2D eigenvalue weighted by molar-refractivity contribution is -0.116. The van der Waals surface area contributed by atoms with Crippen LogP contribution in [0.15, 0.2) is 12.2 Å². The molecular weight excluding hydrogens is 186 g/mol. The van der Waals surface area contributed by atoms with E-state index in [9.17, 15) is 4.79 Å². The first-order valence-electron chi connectivity index (χ1n) is 5.04. The summed E-state index contributed by atoms with van der Waals surface area (Å²) in [6.07, 6.45) is 9.75. The summed E-state index contributed by atoms with van der Waals surface area (Å²) in [4.78, 5) is 11.2. The second-order valence-electron chi connectivity index (χ2n) is 3.53. The van der Waals surface area contributed by atoms with E-state index in [1.165, 1.54) is 0 Å². The average molecular weight is 203 g/mol. The molecule has 15 heavy (non-hydrogen) atoms. The fraction of sp³-hybridized carbons (Fsp3) is 0.462. The number of nitrogens with one attached hydrogen (secondary N) is 1. The van der Waals surface area contributed by atoms with Crippen molar-refractivity contribution in [2.24, 2.45) is 5.92 Å². The predicted molar refractivity (Wildman–Crippen MR) is 62.8 cm³/mol. The molecule has 0 aliphatic heterocycles. The molecule has 1 amide bonds. The van der Waals surface area contributed by atoms with Crippen LogP contribution in [-0.2, 0) is 4.79 Å². The third-order valence-corrected chi connectivity index (χ3v) is 1.55. The van der Waals surface area contributed by atoms with Crippen LogP contribution in [0, 0.1) is 30.1 Å². The van der Waals surface area contributed by atoms with Crippen LogP contribution in [0.1, 0.15) is 26.7 Å². The molecule has 1 N–H and O–H groups in total. The lowest BCUT2D eigenvalue weighted by atomic mass is 10.2. The predicted octanol–water partition coefficient (Wildman–Crippen LogP) is 1.73. The van der Waals surface area contributed by atoms with Gasteiger partial charge in [0.2, 0.25) is 5.91 Å². The Bertz CT molecular complexity index is 310. The largest absolute Gasteiger partial charge is 0.352 e. The van der Waals surface area contributed by atoms with Gasteiger partial charge in [0.1, 0.15) is 0 Å². The minimum Gasteiger partial charge on any atom is -0.352 e. The van der Waals surface area contributed by atoms with Crippen LogP contribution in [0.3, 0.4) is 0 Å². The molecule has 0 saturated carbocycles. The minimum absolute atomic E-state index is 0.0476. The lowest BCUT2D eigenvalue weighted by Gasteiger charge is -2.03. The van der Waals surface area contributed by atoms with Gasteiger partial charge in [0.15, 0.2) is 0 Å². The van der Waals surface area contributed by atoms with E-state index in [2.05, 4.69) is 36.9 Å². The molecule has 2 nitrogen and oxygen atoms in total. The van der Waals surface area contributed by atoms with Gasteiger partial charge < -0.3 is 5.32 Å². The normalized spacial score (nSPS) is 9.47.